The van der Waals surface area contributed by atoms with Gasteiger partial charge in [0.2, 0.25) is 0 Å². The smallest absolute Gasteiger partial charge is 0.315 e. The van der Waals surface area contributed by atoms with Gasteiger partial charge in [-0.15, -0.1) is 0 Å². The van der Waals surface area contributed by atoms with Crippen LogP contribution in [-0.2, 0) is 23.9 Å². The highest BCUT2D eigenvalue weighted by molar-refractivity contribution is 5.96. The molecule has 7 nitrogen and oxygen atoms in total. The lowest BCUT2D eigenvalue weighted by Gasteiger charge is -2.57. The highest BCUT2D eigenvalue weighted by atomic mass is 16.6. The monoisotopic (exact) mass is 447 g/mol. The standard InChI is InChI=1S/C25H37NO6/c1-16(2)21-11-18-12-24(15-27)20-6-5-17(3)19(20)13-23(18,25(21,24)22(28)29)14-26-32-10-9-31-8-7-30-4/h11,14-20H,5-10,12-13H2,1-4H3,(H,28,29)/b26-14+/t17-,18+,19-,20-,23+,24+,25-/m1/s1. The lowest BCUT2D eigenvalue weighted by molar-refractivity contribution is -0.173. The van der Waals surface area contributed by atoms with E-state index in [1.807, 2.05) is 13.8 Å². The first-order valence-electron chi connectivity index (χ1n) is 12.0. The number of hydrogen-bond donors (Lipinski definition) is 1. The Morgan fingerprint density at radius 1 is 1.22 bits per heavy atom. The molecule has 0 aliphatic heterocycles. The maximum absolute atomic E-state index is 13.3. The lowest BCUT2D eigenvalue weighted by atomic mass is 9.43. The molecule has 0 spiro atoms. The van der Waals surface area contributed by atoms with Crippen molar-refractivity contribution in [2.45, 2.75) is 46.5 Å². The normalized spacial score (nSPS) is 41.8. The number of nitrogens with zero attached hydrogens (tertiary/aromatic N) is 1. The van der Waals surface area contributed by atoms with E-state index in [0.717, 1.165) is 31.1 Å². The van der Waals surface area contributed by atoms with Crippen LogP contribution in [0.15, 0.2) is 16.8 Å². The molecule has 3 fully saturated rings. The van der Waals surface area contributed by atoms with Crippen molar-refractivity contribution in [2.75, 3.05) is 33.5 Å². The number of allylic oxidation sites excluding steroid dienone is 1. The number of ether oxygens (including phenoxy) is 2. The highest BCUT2D eigenvalue weighted by Gasteiger charge is 2.84. The van der Waals surface area contributed by atoms with Crippen LogP contribution in [0.25, 0.3) is 0 Å². The Kier molecular flexibility index (Phi) is 6.27. The van der Waals surface area contributed by atoms with Gasteiger partial charge in [0.15, 0.2) is 0 Å². The fourth-order valence-corrected chi connectivity index (χ4v) is 8.01. The number of aliphatic carboxylic acids is 1. The summed E-state index contributed by atoms with van der Waals surface area (Å²) in [6.07, 6.45) is 8.27. The van der Waals surface area contributed by atoms with Gasteiger partial charge >= 0.3 is 5.97 Å². The summed E-state index contributed by atoms with van der Waals surface area (Å²) in [6, 6.07) is 0. The Morgan fingerprint density at radius 3 is 2.62 bits per heavy atom. The molecule has 0 saturated heterocycles. The third kappa shape index (κ3) is 2.89. The second-order valence-corrected chi connectivity index (χ2v) is 10.5. The molecule has 0 unspecified atom stereocenters. The SMILES string of the molecule is COCCOCCO/N=C/[C@@]12C[C@@H]3[C@H](C)CC[C@H]3[C@@]3(C=O)C[C@@H]1C=C(C(C)C)[C@]32C(=O)O. The second kappa shape index (κ2) is 8.56. The van der Waals surface area contributed by atoms with Crippen molar-refractivity contribution < 1.29 is 29.0 Å². The molecule has 4 aliphatic carbocycles. The van der Waals surface area contributed by atoms with E-state index in [9.17, 15) is 14.7 Å². The molecule has 3 saturated carbocycles. The fraction of sp³-hybridized carbons (Fsp3) is 0.800. The van der Waals surface area contributed by atoms with E-state index in [1.54, 1.807) is 13.3 Å². The van der Waals surface area contributed by atoms with Gasteiger partial charge in [-0.05, 0) is 48.9 Å². The Hall–Kier alpha value is -1.73. The summed E-state index contributed by atoms with van der Waals surface area (Å²) in [4.78, 5) is 31.7. The van der Waals surface area contributed by atoms with E-state index in [-0.39, 0.29) is 24.4 Å². The molecule has 0 amide bonds. The molecule has 178 valence electrons. The van der Waals surface area contributed by atoms with Gasteiger partial charge in [-0.1, -0.05) is 44.0 Å². The first-order valence-corrected chi connectivity index (χ1v) is 12.0. The number of fused-ring (bicyclic) bond motifs is 2. The van der Waals surface area contributed by atoms with Crippen molar-refractivity contribution in [3.63, 3.8) is 0 Å². The number of carbonyl (C=O) groups excluding carboxylic acids is 1. The molecule has 7 heteroatoms. The van der Waals surface area contributed by atoms with E-state index >= 15 is 0 Å². The lowest BCUT2D eigenvalue weighted by Crippen LogP contribution is -2.63. The predicted octanol–water partition coefficient (Wildman–Crippen LogP) is 3.58. The van der Waals surface area contributed by atoms with E-state index in [4.69, 9.17) is 14.3 Å². The third-order valence-electron chi connectivity index (χ3n) is 9.11. The summed E-state index contributed by atoms with van der Waals surface area (Å²) in [5.74, 6) is 0.0973. The topological polar surface area (TPSA) is 94.4 Å². The minimum atomic E-state index is -1.24. The van der Waals surface area contributed by atoms with Crippen molar-refractivity contribution >= 4 is 18.5 Å². The van der Waals surface area contributed by atoms with Crippen LogP contribution in [0.5, 0.6) is 0 Å². The Morgan fingerprint density at radius 2 is 1.97 bits per heavy atom. The maximum atomic E-state index is 13.3. The maximum Gasteiger partial charge on any atom is 0.315 e. The van der Waals surface area contributed by atoms with E-state index in [1.165, 1.54) is 0 Å². The zero-order valence-corrected chi connectivity index (χ0v) is 19.7. The van der Waals surface area contributed by atoms with Gasteiger partial charge < -0.3 is 24.2 Å². The molecule has 4 aliphatic rings. The number of methoxy groups -OCH3 is 1. The molecule has 0 aromatic rings. The number of oxime groups is 1. The van der Waals surface area contributed by atoms with Crippen LogP contribution in [0.4, 0.5) is 0 Å². The molecule has 0 aromatic heterocycles. The molecular weight excluding hydrogens is 410 g/mol. The van der Waals surface area contributed by atoms with Crippen molar-refractivity contribution in [3.8, 4) is 0 Å². The third-order valence-corrected chi connectivity index (χ3v) is 9.11. The average molecular weight is 448 g/mol. The number of carboxylic acid groups (broad SMARTS) is 1. The fourth-order valence-electron chi connectivity index (χ4n) is 8.01. The van der Waals surface area contributed by atoms with Gasteiger partial charge in [0.05, 0.1) is 31.5 Å². The zero-order valence-electron chi connectivity index (χ0n) is 19.7. The summed E-state index contributed by atoms with van der Waals surface area (Å²) in [5, 5.41) is 15.2. The molecule has 0 heterocycles. The summed E-state index contributed by atoms with van der Waals surface area (Å²) in [5.41, 5.74) is -1.94. The van der Waals surface area contributed by atoms with Crippen molar-refractivity contribution in [1.82, 2.24) is 0 Å². The average Bonchev–Trinajstić information content (AvgIpc) is 3.33. The highest BCUT2D eigenvalue weighted by Crippen LogP contribution is 2.82. The quantitative estimate of drug-likeness (QED) is 0.171. The predicted molar refractivity (Wildman–Crippen MR) is 119 cm³/mol. The van der Waals surface area contributed by atoms with Gasteiger partial charge in [-0.3, -0.25) is 4.79 Å². The van der Waals surface area contributed by atoms with Gasteiger partial charge in [-0.25, -0.2) is 0 Å². The summed E-state index contributed by atoms with van der Waals surface area (Å²) in [6.45, 7) is 8.01. The Bertz CT molecular complexity index is 808. The number of rotatable bonds is 11. The summed E-state index contributed by atoms with van der Waals surface area (Å²) in [7, 11) is 1.62. The molecule has 4 bridgehead atoms. The number of aldehydes is 1. The minimum absolute atomic E-state index is 0.00990. The molecule has 1 N–H and O–H groups in total. The van der Waals surface area contributed by atoms with E-state index in [2.05, 4.69) is 18.2 Å². The molecule has 32 heavy (non-hydrogen) atoms. The number of hydrogen-bond acceptors (Lipinski definition) is 6. The van der Waals surface area contributed by atoms with Crippen molar-refractivity contribution in [2.24, 2.45) is 51.0 Å². The minimum Gasteiger partial charge on any atom is -0.481 e. The first kappa shape index (κ1) is 23.4. The van der Waals surface area contributed by atoms with Crippen LogP contribution in [0, 0.1) is 45.8 Å². The summed E-state index contributed by atoms with van der Waals surface area (Å²) >= 11 is 0. The van der Waals surface area contributed by atoms with Gasteiger partial charge in [0.1, 0.15) is 18.3 Å². The van der Waals surface area contributed by atoms with Crippen LogP contribution in [0.3, 0.4) is 0 Å². The number of carbonyl (C=O) groups is 2. The largest absolute Gasteiger partial charge is 0.481 e. The Labute approximate surface area is 190 Å². The van der Waals surface area contributed by atoms with Gasteiger partial charge in [0, 0.05) is 12.5 Å². The first-order chi connectivity index (χ1) is 15.3. The zero-order chi connectivity index (χ0) is 23.1. The second-order valence-electron chi connectivity index (χ2n) is 10.5. The molecule has 0 radical (unpaired) electrons. The van der Waals surface area contributed by atoms with Crippen molar-refractivity contribution in [1.29, 1.82) is 0 Å². The van der Waals surface area contributed by atoms with Crippen LogP contribution in [0.2, 0.25) is 0 Å². The molecule has 4 rings (SSSR count). The van der Waals surface area contributed by atoms with Crippen LogP contribution < -0.4 is 0 Å². The van der Waals surface area contributed by atoms with Crippen LogP contribution >= 0.6 is 0 Å². The molecule has 7 atom stereocenters. The Balaban J connectivity index is 1.69. The molecule has 0 aromatic carbocycles. The van der Waals surface area contributed by atoms with E-state index in [0.29, 0.717) is 38.1 Å². The van der Waals surface area contributed by atoms with Crippen molar-refractivity contribution in [3.05, 3.63) is 11.6 Å². The van der Waals surface area contributed by atoms with E-state index < -0.39 is 22.2 Å². The summed E-state index contributed by atoms with van der Waals surface area (Å²) < 4.78 is 10.4. The molecular formula is C25H37NO6. The van der Waals surface area contributed by atoms with Crippen LogP contribution in [0.1, 0.15) is 46.5 Å². The van der Waals surface area contributed by atoms with Crippen LogP contribution in [-0.4, -0.2) is 57.1 Å². The van der Waals surface area contributed by atoms with Gasteiger partial charge in [-0.2, -0.15) is 0 Å². The van der Waals surface area contributed by atoms with Gasteiger partial charge in [0.25, 0.3) is 0 Å². The number of carboxylic acids is 1.